The second kappa shape index (κ2) is 9.08. The number of carboxylic acids is 2. The molecule has 2 aliphatic rings. The fourth-order valence-corrected chi connectivity index (χ4v) is 2.90. The minimum Gasteiger partial charge on any atom is -0.476 e. The van der Waals surface area contributed by atoms with Crippen LogP contribution in [0.25, 0.3) is 0 Å². The number of benzene rings is 1. The van der Waals surface area contributed by atoms with Gasteiger partial charge in [0.05, 0.1) is 11.6 Å². The van der Waals surface area contributed by atoms with Gasteiger partial charge in [-0.05, 0) is 5.56 Å². The number of aromatic nitrogens is 1. The highest BCUT2D eigenvalue weighted by Gasteiger charge is 2.41. The van der Waals surface area contributed by atoms with Crippen LogP contribution in [-0.2, 0) is 14.4 Å². The normalized spacial score (nSPS) is 18.0. The van der Waals surface area contributed by atoms with Crippen LogP contribution in [0.1, 0.15) is 34.3 Å². The van der Waals surface area contributed by atoms with E-state index in [0.717, 1.165) is 17.5 Å². The Kier molecular flexibility index (Phi) is 6.46. The highest BCUT2D eigenvalue weighted by molar-refractivity contribution is 6.04. The molecule has 0 radical (unpaired) electrons. The number of hydrogen-bond donors (Lipinski definition) is 2. The number of carboxylic acid groups (broad SMARTS) is 2. The van der Waals surface area contributed by atoms with Gasteiger partial charge < -0.3 is 24.4 Å². The minimum absolute atomic E-state index is 0.0898. The van der Waals surface area contributed by atoms with Gasteiger partial charge in [-0.3, -0.25) is 4.79 Å². The molecule has 4 rings (SSSR count). The zero-order valence-electron chi connectivity index (χ0n) is 16.2. The van der Waals surface area contributed by atoms with Crippen LogP contribution in [0.2, 0.25) is 0 Å². The molecule has 1 fully saturated rings. The Hall–Kier alpha value is -3.90. The molecule has 1 saturated heterocycles. The van der Waals surface area contributed by atoms with Crippen molar-refractivity contribution in [2.45, 2.75) is 24.6 Å². The third kappa shape index (κ3) is 5.22. The molecule has 1 unspecified atom stereocenters. The Morgan fingerprint density at radius 2 is 1.72 bits per heavy atom. The van der Waals surface area contributed by atoms with Crippen LogP contribution in [0.15, 0.2) is 46.2 Å². The van der Waals surface area contributed by atoms with Crippen LogP contribution in [0, 0.1) is 0 Å². The monoisotopic (exact) mass is 455 g/mol. The zero-order chi connectivity index (χ0) is 23.5. The van der Waals surface area contributed by atoms with E-state index in [-0.39, 0.29) is 17.5 Å². The van der Waals surface area contributed by atoms with Gasteiger partial charge in [-0.1, -0.05) is 35.5 Å². The van der Waals surface area contributed by atoms with E-state index in [1.165, 1.54) is 0 Å². The quantitative estimate of drug-likeness (QED) is 0.714. The van der Waals surface area contributed by atoms with Crippen molar-refractivity contribution in [1.29, 1.82) is 0 Å². The summed E-state index contributed by atoms with van der Waals surface area (Å²) in [6, 6.07) is 9.60. The summed E-state index contributed by atoms with van der Waals surface area (Å²) in [4.78, 5) is 43.0. The topological polar surface area (TPSA) is 143 Å². The van der Waals surface area contributed by atoms with Gasteiger partial charge in [-0.2, -0.15) is 13.2 Å². The lowest BCUT2D eigenvalue weighted by molar-refractivity contribution is -0.192. The Morgan fingerprint density at radius 3 is 2.25 bits per heavy atom. The Morgan fingerprint density at radius 1 is 1.09 bits per heavy atom. The van der Waals surface area contributed by atoms with Gasteiger partial charge >= 0.3 is 18.1 Å². The third-order valence-corrected chi connectivity index (χ3v) is 4.58. The molecule has 1 aromatic heterocycles. The van der Waals surface area contributed by atoms with E-state index in [9.17, 15) is 22.8 Å². The molecule has 0 saturated carbocycles. The third-order valence-electron chi connectivity index (χ3n) is 4.58. The molecule has 2 aliphatic heterocycles. The standard InChI is InChI=1S/C17H15N3O5.C2HF3O2/c21-16(14-6-12(19-25-14)10-4-2-1-3-5-10)20-7-11(8-20)15-18-13(9-24-15)17(22)23;3-2(4,5)1(6)7/h1-5,9,11,14H,6-8H2,(H,22,23);(H,6,7). The van der Waals surface area contributed by atoms with Gasteiger partial charge in [-0.25, -0.2) is 14.6 Å². The molecule has 0 spiro atoms. The number of aromatic carboxylic acids is 1. The highest BCUT2D eigenvalue weighted by atomic mass is 19.4. The number of hydrogen-bond acceptors (Lipinski definition) is 7. The number of oxazole rings is 1. The maximum absolute atomic E-state index is 12.5. The molecule has 0 bridgehead atoms. The SMILES string of the molecule is O=C(O)C(F)(F)F.O=C(O)c1coc(C2CN(C(=O)C3CC(c4ccccc4)=NO3)C2)n1. The van der Waals surface area contributed by atoms with E-state index >= 15 is 0 Å². The smallest absolute Gasteiger partial charge is 0.476 e. The lowest BCUT2D eigenvalue weighted by atomic mass is 9.98. The Labute approximate surface area is 177 Å². The molecule has 13 heteroatoms. The number of likely N-dealkylation sites (tertiary alicyclic amines) is 1. The Balaban J connectivity index is 0.000000360. The van der Waals surface area contributed by atoms with Crippen LogP contribution < -0.4 is 0 Å². The molecular formula is C19H16F3N3O7. The van der Waals surface area contributed by atoms with Crippen molar-refractivity contribution >= 4 is 23.6 Å². The molecule has 10 nitrogen and oxygen atoms in total. The fraction of sp³-hybridized carbons (Fsp3) is 0.316. The second-order valence-electron chi connectivity index (χ2n) is 6.82. The molecular weight excluding hydrogens is 439 g/mol. The molecule has 1 aromatic carbocycles. The van der Waals surface area contributed by atoms with E-state index < -0.39 is 24.2 Å². The summed E-state index contributed by atoms with van der Waals surface area (Å²) in [5.41, 5.74) is 1.58. The van der Waals surface area contributed by atoms with Crippen molar-refractivity contribution in [2.75, 3.05) is 13.1 Å². The summed E-state index contributed by atoms with van der Waals surface area (Å²) in [5.74, 6) is -3.77. The fourth-order valence-electron chi connectivity index (χ4n) is 2.90. The van der Waals surface area contributed by atoms with Crippen LogP contribution in [-0.4, -0.2) is 69.0 Å². The number of aliphatic carboxylic acids is 1. The first kappa shape index (κ1) is 22.8. The van der Waals surface area contributed by atoms with Gasteiger partial charge in [0.1, 0.15) is 6.26 Å². The molecule has 2 aromatic rings. The summed E-state index contributed by atoms with van der Waals surface area (Å²) < 4.78 is 36.9. The highest BCUT2D eigenvalue weighted by Crippen LogP contribution is 2.29. The van der Waals surface area contributed by atoms with Crippen molar-refractivity contribution in [3.63, 3.8) is 0 Å². The van der Waals surface area contributed by atoms with E-state index in [1.54, 1.807) is 4.90 Å². The predicted molar refractivity (Wildman–Crippen MR) is 98.9 cm³/mol. The summed E-state index contributed by atoms with van der Waals surface area (Å²) in [6.07, 6.45) is -4.15. The number of oxime groups is 1. The summed E-state index contributed by atoms with van der Waals surface area (Å²) >= 11 is 0. The van der Waals surface area contributed by atoms with Gasteiger partial charge in [-0.15, -0.1) is 0 Å². The van der Waals surface area contributed by atoms with E-state index in [1.807, 2.05) is 30.3 Å². The minimum atomic E-state index is -5.08. The second-order valence-corrected chi connectivity index (χ2v) is 6.82. The lowest BCUT2D eigenvalue weighted by Crippen LogP contribution is -2.52. The van der Waals surface area contributed by atoms with Crippen molar-refractivity contribution in [3.8, 4) is 0 Å². The van der Waals surface area contributed by atoms with Crippen LogP contribution in [0.3, 0.4) is 0 Å². The Bertz CT molecular complexity index is 1030. The van der Waals surface area contributed by atoms with Gasteiger partial charge in [0.15, 0.2) is 5.69 Å². The van der Waals surface area contributed by atoms with Crippen LogP contribution in [0.5, 0.6) is 0 Å². The molecule has 32 heavy (non-hydrogen) atoms. The number of amides is 1. The van der Waals surface area contributed by atoms with Crippen molar-refractivity contribution < 1.29 is 47.0 Å². The first-order valence-corrected chi connectivity index (χ1v) is 9.12. The summed E-state index contributed by atoms with van der Waals surface area (Å²) in [6.45, 7) is 0.859. The van der Waals surface area contributed by atoms with E-state index in [0.29, 0.717) is 25.4 Å². The number of rotatable bonds is 4. The van der Waals surface area contributed by atoms with Crippen LogP contribution in [0.4, 0.5) is 13.2 Å². The maximum Gasteiger partial charge on any atom is 0.490 e. The number of carbonyl (C=O) groups is 3. The molecule has 3 heterocycles. The van der Waals surface area contributed by atoms with Gasteiger partial charge in [0.2, 0.25) is 12.0 Å². The van der Waals surface area contributed by atoms with Gasteiger partial charge in [0, 0.05) is 19.5 Å². The molecule has 170 valence electrons. The molecule has 1 atom stereocenters. The number of alkyl halides is 3. The van der Waals surface area contributed by atoms with Crippen molar-refractivity contribution in [2.24, 2.45) is 5.16 Å². The zero-order valence-corrected chi connectivity index (χ0v) is 16.2. The number of nitrogens with zero attached hydrogens (tertiary/aromatic N) is 3. The molecule has 0 aliphatic carbocycles. The molecule has 2 N–H and O–H groups in total. The van der Waals surface area contributed by atoms with Crippen LogP contribution >= 0.6 is 0 Å². The average molecular weight is 455 g/mol. The number of carbonyl (C=O) groups excluding carboxylic acids is 1. The average Bonchev–Trinajstić information content (AvgIpc) is 3.37. The number of halogens is 3. The summed E-state index contributed by atoms with van der Waals surface area (Å²) in [7, 11) is 0. The summed E-state index contributed by atoms with van der Waals surface area (Å²) in [5, 5.41) is 20.0. The van der Waals surface area contributed by atoms with E-state index in [4.69, 9.17) is 24.3 Å². The first-order chi connectivity index (χ1) is 15.1. The molecule has 1 amide bonds. The van der Waals surface area contributed by atoms with Crippen molar-refractivity contribution in [1.82, 2.24) is 9.88 Å². The first-order valence-electron chi connectivity index (χ1n) is 9.12. The predicted octanol–water partition coefficient (Wildman–Crippen LogP) is 2.13. The largest absolute Gasteiger partial charge is 0.490 e. The van der Waals surface area contributed by atoms with Gasteiger partial charge in [0.25, 0.3) is 5.91 Å². The lowest BCUT2D eigenvalue weighted by Gasteiger charge is -2.38. The van der Waals surface area contributed by atoms with E-state index in [2.05, 4.69) is 10.1 Å². The van der Waals surface area contributed by atoms with Crippen molar-refractivity contribution in [3.05, 3.63) is 53.7 Å². The maximum atomic E-state index is 12.5.